The maximum absolute atomic E-state index is 12.5. The Bertz CT molecular complexity index is 930. The quantitative estimate of drug-likeness (QED) is 0.790. The first-order valence-electron chi connectivity index (χ1n) is 10.4. The van der Waals surface area contributed by atoms with Crippen molar-refractivity contribution in [2.75, 3.05) is 11.9 Å². The minimum atomic E-state index is -0.566. The number of anilines is 1. The number of nitrogens with zero attached hydrogens (tertiary/aromatic N) is 5. The predicted octanol–water partition coefficient (Wildman–Crippen LogP) is 3.99. The summed E-state index contributed by atoms with van der Waals surface area (Å²) in [5, 5.41) is 19.7. The molecular formula is C22H30N6O3. The molecule has 0 saturated carbocycles. The van der Waals surface area contributed by atoms with Crippen molar-refractivity contribution in [3.63, 3.8) is 0 Å². The lowest BCUT2D eigenvalue weighted by Crippen LogP contribution is -2.37. The summed E-state index contributed by atoms with van der Waals surface area (Å²) < 4.78 is 5.49. The van der Waals surface area contributed by atoms with Crippen LogP contribution in [0.25, 0.3) is 11.4 Å². The van der Waals surface area contributed by atoms with Gasteiger partial charge in [0.25, 0.3) is 0 Å². The summed E-state index contributed by atoms with van der Waals surface area (Å²) in [6.07, 6.45) is 1.21. The van der Waals surface area contributed by atoms with Crippen LogP contribution in [0.15, 0.2) is 24.3 Å². The minimum absolute atomic E-state index is 0.0599. The molecule has 2 aromatic rings. The molecule has 1 fully saturated rings. The number of likely N-dealkylation sites (tertiary alicyclic amines) is 1. The number of aromatic nitrogens is 4. The summed E-state index contributed by atoms with van der Waals surface area (Å²) in [6, 6.07) is 6.90. The summed E-state index contributed by atoms with van der Waals surface area (Å²) in [5.41, 5.74) is 0.388. The molecule has 1 aromatic carbocycles. The van der Waals surface area contributed by atoms with Crippen LogP contribution in [0.1, 0.15) is 66.3 Å². The van der Waals surface area contributed by atoms with E-state index in [1.54, 1.807) is 29.2 Å². The standard InChI is InChI=1S/C22H30N6O3/c1-21(2,3)19(29)23-15-11-9-14(10-12-15)17-24-26-18(27-25-17)16-8-7-13-28(16)20(30)31-22(4,5)6/h9-12,16H,7-8,13H2,1-6H3,(H,23,29). The molecule has 31 heavy (non-hydrogen) atoms. The van der Waals surface area contributed by atoms with E-state index in [0.717, 1.165) is 18.4 Å². The number of carbonyl (C=O) groups is 2. The van der Waals surface area contributed by atoms with Gasteiger partial charge in [0.2, 0.25) is 11.7 Å². The van der Waals surface area contributed by atoms with Gasteiger partial charge in [-0.05, 0) is 57.9 Å². The van der Waals surface area contributed by atoms with Gasteiger partial charge in [-0.2, -0.15) is 0 Å². The third-order valence-electron chi connectivity index (χ3n) is 4.76. The molecule has 3 rings (SSSR count). The maximum atomic E-state index is 12.5. The van der Waals surface area contributed by atoms with Gasteiger partial charge in [0.05, 0.1) is 6.04 Å². The van der Waals surface area contributed by atoms with Crippen molar-refractivity contribution in [1.82, 2.24) is 25.3 Å². The van der Waals surface area contributed by atoms with E-state index < -0.39 is 11.0 Å². The molecule has 0 spiro atoms. The van der Waals surface area contributed by atoms with Crippen molar-refractivity contribution in [3.05, 3.63) is 30.1 Å². The van der Waals surface area contributed by atoms with Gasteiger partial charge in [-0.1, -0.05) is 20.8 Å². The molecule has 1 aromatic heterocycles. The molecule has 1 unspecified atom stereocenters. The highest BCUT2D eigenvalue weighted by Gasteiger charge is 2.35. The number of amides is 2. The van der Waals surface area contributed by atoms with Gasteiger partial charge in [-0.25, -0.2) is 4.79 Å². The van der Waals surface area contributed by atoms with Crippen LogP contribution in [0.3, 0.4) is 0 Å². The van der Waals surface area contributed by atoms with Crippen molar-refractivity contribution in [1.29, 1.82) is 0 Å². The van der Waals surface area contributed by atoms with E-state index in [0.29, 0.717) is 23.9 Å². The van der Waals surface area contributed by atoms with Crippen LogP contribution in [0.2, 0.25) is 0 Å². The van der Waals surface area contributed by atoms with Crippen LogP contribution in [-0.4, -0.2) is 49.4 Å². The Morgan fingerprint density at radius 3 is 2.16 bits per heavy atom. The van der Waals surface area contributed by atoms with E-state index in [4.69, 9.17) is 4.74 Å². The summed E-state index contributed by atoms with van der Waals surface area (Å²) in [7, 11) is 0. The van der Waals surface area contributed by atoms with Gasteiger partial charge in [-0.15, -0.1) is 20.4 Å². The van der Waals surface area contributed by atoms with Crippen LogP contribution in [-0.2, 0) is 9.53 Å². The Balaban J connectivity index is 1.70. The van der Waals surface area contributed by atoms with Crippen LogP contribution < -0.4 is 5.32 Å². The molecule has 1 aliphatic rings. The Morgan fingerprint density at radius 2 is 1.61 bits per heavy atom. The van der Waals surface area contributed by atoms with Crippen molar-refractivity contribution in [2.45, 2.75) is 66.0 Å². The summed E-state index contributed by atoms with van der Waals surface area (Å²) in [5.74, 6) is 0.718. The average Bonchev–Trinajstić information content (AvgIpc) is 3.17. The molecule has 166 valence electrons. The summed E-state index contributed by atoms with van der Waals surface area (Å²) in [4.78, 5) is 26.2. The smallest absolute Gasteiger partial charge is 0.410 e. The van der Waals surface area contributed by atoms with Crippen molar-refractivity contribution >= 4 is 17.7 Å². The highest BCUT2D eigenvalue weighted by molar-refractivity contribution is 5.94. The zero-order chi connectivity index (χ0) is 22.8. The zero-order valence-corrected chi connectivity index (χ0v) is 19.0. The molecular weight excluding hydrogens is 396 g/mol. The summed E-state index contributed by atoms with van der Waals surface area (Å²) >= 11 is 0. The first kappa shape index (κ1) is 22.6. The predicted molar refractivity (Wildman–Crippen MR) is 116 cm³/mol. The minimum Gasteiger partial charge on any atom is -0.444 e. The third kappa shape index (κ3) is 5.74. The normalized spacial score (nSPS) is 16.8. The van der Waals surface area contributed by atoms with Crippen LogP contribution in [0.4, 0.5) is 10.5 Å². The fourth-order valence-electron chi connectivity index (χ4n) is 3.08. The molecule has 0 aliphatic carbocycles. The van der Waals surface area contributed by atoms with E-state index in [1.807, 2.05) is 41.5 Å². The van der Waals surface area contributed by atoms with E-state index >= 15 is 0 Å². The van der Waals surface area contributed by atoms with Gasteiger partial charge in [0.15, 0.2) is 5.82 Å². The first-order valence-corrected chi connectivity index (χ1v) is 10.4. The molecule has 1 N–H and O–H groups in total. The highest BCUT2D eigenvalue weighted by atomic mass is 16.6. The van der Waals surface area contributed by atoms with Crippen molar-refractivity contribution in [2.24, 2.45) is 5.41 Å². The monoisotopic (exact) mass is 426 g/mol. The fourth-order valence-corrected chi connectivity index (χ4v) is 3.08. The summed E-state index contributed by atoms with van der Waals surface area (Å²) in [6.45, 7) is 11.7. The number of nitrogens with one attached hydrogen (secondary N) is 1. The van der Waals surface area contributed by atoms with Gasteiger partial charge in [-0.3, -0.25) is 9.69 Å². The van der Waals surface area contributed by atoms with E-state index in [9.17, 15) is 9.59 Å². The number of ether oxygens (including phenoxy) is 1. The SMILES string of the molecule is CC(C)(C)OC(=O)N1CCCC1c1nnc(-c2ccc(NC(=O)C(C)(C)C)cc2)nn1. The Kier molecular flexibility index (Phi) is 6.24. The molecule has 2 heterocycles. The number of hydrogen-bond donors (Lipinski definition) is 1. The topological polar surface area (TPSA) is 110 Å². The Hall–Kier alpha value is -3.10. The molecule has 2 amide bonds. The van der Waals surface area contributed by atoms with E-state index in [2.05, 4.69) is 25.7 Å². The molecule has 9 heteroatoms. The zero-order valence-electron chi connectivity index (χ0n) is 19.0. The molecule has 0 radical (unpaired) electrons. The lowest BCUT2D eigenvalue weighted by atomic mass is 9.95. The molecule has 0 bridgehead atoms. The lowest BCUT2D eigenvalue weighted by molar-refractivity contribution is -0.123. The number of carbonyl (C=O) groups excluding carboxylic acids is 2. The van der Waals surface area contributed by atoms with Crippen LogP contribution in [0.5, 0.6) is 0 Å². The fraction of sp³-hybridized carbons (Fsp3) is 0.545. The van der Waals surface area contributed by atoms with Gasteiger partial charge in [0.1, 0.15) is 5.60 Å². The lowest BCUT2D eigenvalue weighted by Gasteiger charge is -2.27. The second-order valence-electron chi connectivity index (χ2n) is 9.70. The van der Waals surface area contributed by atoms with Crippen molar-refractivity contribution < 1.29 is 14.3 Å². The highest BCUT2D eigenvalue weighted by Crippen LogP contribution is 2.31. The van der Waals surface area contributed by atoms with Gasteiger partial charge >= 0.3 is 6.09 Å². The van der Waals surface area contributed by atoms with Crippen LogP contribution in [0, 0.1) is 5.41 Å². The van der Waals surface area contributed by atoms with E-state index in [1.165, 1.54) is 0 Å². The maximum Gasteiger partial charge on any atom is 0.410 e. The Morgan fingerprint density at radius 1 is 1.00 bits per heavy atom. The molecule has 1 saturated heterocycles. The van der Waals surface area contributed by atoms with Crippen LogP contribution >= 0.6 is 0 Å². The average molecular weight is 427 g/mol. The van der Waals surface area contributed by atoms with Crippen molar-refractivity contribution in [3.8, 4) is 11.4 Å². The third-order valence-corrected chi connectivity index (χ3v) is 4.76. The number of benzene rings is 1. The number of rotatable bonds is 3. The van der Waals surface area contributed by atoms with Gasteiger partial charge in [0, 0.05) is 23.2 Å². The molecule has 1 aliphatic heterocycles. The second kappa shape index (κ2) is 8.56. The van der Waals surface area contributed by atoms with E-state index in [-0.39, 0.29) is 18.0 Å². The molecule has 1 atom stereocenters. The number of hydrogen-bond acceptors (Lipinski definition) is 7. The first-order chi connectivity index (χ1) is 14.4. The molecule has 9 nitrogen and oxygen atoms in total. The largest absolute Gasteiger partial charge is 0.444 e. The van der Waals surface area contributed by atoms with Gasteiger partial charge < -0.3 is 10.1 Å². The Labute approximate surface area is 182 Å². The second-order valence-corrected chi connectivity index (χ2v) is 9.70.